The maximum atomic E-state index is 7.82. The summed E-state index contributed by atoms with van der Waals surface area (Å²) in [6.45, 7) is 16.4. The fourth-order valence-corrected chi connectivity index (χ4v) is 8.03. The quantitative estimate of drug-likeness (QED) is 0.110. The number of aryl methyl sites for hydroxylation is 1. The number of rotatable bonds is 10. The lowest BCUT2D eigenvalue weighted by molar-refractivity contribution is 1.14. The van der Waals surface area contributed by atoms with Crippen LogP contribution in [0, 0.1) is 19.3 Å². The van der Waals surface area contributed by atoms with Gasteiger partial charge >= 0.3 is 0 Å². The fourth-order valence-electron chi connectivity index (χ4n) is 8.03. The summed E-state index contributed by atoms with van der Waals surface area (Å²) in [5, 5.41) is 12.8. The highest BCUT2D eigenvalue weighted by molar-refractivity contribution is 6.19. The molecule has 4 heteroatoms. The zero-order valence-corrected chi connectivity index (χ0v) is 36.3. The van der Waals surface area contributed by atoms with E-state index in [9.17, 15) is 0 Å². The summed E-state index contributed by atoms with van der Waals surface area (Å²) in [5.74, 6) is 0.696. The molecule has 0 fully saturated rings. The van der Waals surface area contributed by atoms with Crippen molar-refractivity contribution in [3.05, 3.63) is 235 Å². The second-order valence-electron chi connectivity index (χ2n) is 15.6. The van der Waals surface area contributed by atoms with Crippen molar-refractivity contribution in [2.75, 3.05) is 0 Å². The van der Waals surface area contributed by atoms with Gasteiger partial charge in [0.15, 0.2) is 5.82 Å². The molecule has 9 rings (SSSR count). The van der Waals surface area contributed by atoms with E-state index in [1.54, 1.807) is 6.92 Å². The van der Waals surface area contributed by atoms with E-state index >= 15 is 0 Å². The number of allylic oxidation sites excluding steroid dienone is 7. The minimum Gasteiger partial charge on any atom is -0.309 e. The fraction of sp³-hybridized carbons (Fsp3) is 0.0678. The van der Waals surface area contributed by atoms with Crippen molar-refractivity contribution in [1.82, 2.24) is 14.5 Å². The van der Waals surface area contributed by atoms with Crippen molar-refractivity contribution in [3.8, 4) is 33.9 Å². The Bertz CT molecular complexity index is 3230. The standard InChI is InChI=1S/C33H27N.C26H23N3/c1-4-6-15-28(5-2)34-32-23-25(18-17-24(3)26-12-8-7-9-13-26)19-21-30(32)31-22-20-27-14-10-11-16-29(27)33(31)34;1-17-9-7-8-12-23(17)25-18(2)24(21-10-5-4-6-11-21)28-26(29-25)22-15-13-20(14-16-22)19(3)27/h4-23H,2-3H2,1H3;4-16,27H,1-3H3/b6-4-,18-17+,28-15+;. The second-order valence-corrected chi connectivity index (χ2v) is 15.6. The highest BCUT2D eigenvalue weighted by Gasteiger charge is 2.18. The van der Waals surface area contributed by atoms with Gasteiger partial charge in [-0.15, -0.1) is 0 Å². The van der Waals surface area contributed by atoms with Crippen LogP contribution in [0.4, 0.5) is 0 Å². The Labute approximate surface area is 370 Å². The lowest BCUT2D eigenvalue weighted by Crippen LogP contribution is -2.01. The Morgan fingerprint density at radius 1 is 0.651 bits per heavy atom. The van der Waals surface area contributed by atoms with E-state index in [-0.39, 0.29) is 0 Å². The normalized spacial score (nSPS) is 11.7. The number of aromatic nitrogens is 3. The molecule has 9 aromatic rings. The van der Waals surface area contributed by atoms with Gasteiger partial charge in [-0.05, 0) is 79.1 Å². The first-order chi connectivity index (χ1) is 30.7. The average molecular weight is 815 g/mol. The lowest BCUT2D eigenvalue weighted by Gasteiger charge is -2.15. The molecular weight excluding hydrogens is 765 g/mol. The average Bonchev–Trinajstić information content (AvgIpc) is 3.66. The summed E-state index contributed by atoms with van der Waals surface area (Å²) in [6, 6.07) is 56.4. The molecule has 2 aromatic heterocycles. The first-order valence-electron chi connectivity index (χ1n) is 21.3. The van der Waals surface area contributed by atoms with Gasteiger partial charge in [0.25, 0.3) is 0 Å². The van der Waals surface area contributed by atoms with E-state index < -0.39 is 0 Å². The SMILES string of the molecule is C=C/C(=C\C=C/C)n1c2cc(/C=C/C(=C)c3ccccc3)ccc2c2ccc3ccccc3c21.CC(=N)c1ccc(-c2nc(-c3ccccc3)c(C)c(-c3ccccc3C)n2)cc1. The van der Waals surface area contributed by atoms with Crippen molar-refractivity contribution < 1.29 is 0 Å². The maximum absolute atomic E-state index is 7.82. The lowest BCUT2D eigenvalue weighted by atomic mass is 9.98. The summed E-state index contributed by atoms with van der Waals surface area (Å²) in [6.07, 6.45) is 12.4. The van der Waals surface area contributed by atoms with Gasteiger partial charge in [0.1, 0.15) is 0 Å². The molecule has 0 aliphatic rings. The van der Waals surface area contributed by atoms with Gasteiger partial charge in [-0.2, -0.15) is 0 Å². The van der Waals surface area contributed by atoms with Gasteiger partial charge in [-0.1, -0.05) is 195 Å². The first kappa shape index (κ1) is 41.8. The number of nitrogens with zero attached hydrogens (tertiary/aromatic N) is 3. The molecule has 7 aromatic carbocycles. The molecule has 63 heavy (non-hydrogen) atoms. The molecule has 0 saturated carbocycles. The number of fused-ring (bicyclic) bond motifs is 5. The Kier molecular flexibility index (Phi) is 12.4. The minimum absolute atomic E-state index is 0.548. The van der Waals surface area contributed by atoms with Crippen molar-refractivity contribution in [1.29, 1.82) is 5.41 Å². The van der Waals surface area contributed by atoms with Crippen molar-refractivity contribution in [3.63, 3.8) is 0 Å². The maximum Gasteiger partial charge on any atom is 0.160 e. The van der Waals surface area contributed by atoms with E-state index in [4.69, 9.17) is 15.4 Å². The molecule has 1 N–H and O–H groups in total. The van der Waals surface area contributed by atoms with E-state index in [1.165, 1.54) is 32.6 Å². The summed E-state index contributed by atoms with van der Waals surface area (Å²) in [4.78, 5) is 9.91. The van der Waals surface area contributed by atoms with Crippen LogP contribution in [0.2, 0.25) is 0 Å². The molecule has 4 nitrogen and oxygen atoms in total. The topological polar surface area (TPSA) is 54.6 Å². The van der Waals surface area contributed by atoms with E-state index in [0.29, 0.717) is 11.5 Å². The number of benzene rings is 7. The highest BCUT2D eigenvalue weighted by atomic mass is 15.0. The Balaban J connectivity index is 0.000000175. The third kappa shape index (κ3) is 8.79. The van der Waals surface area contributed by atoms with Gasteiger partial charge in [-0.3, -0.25) is 0 Å². The molecule has 0 bridgehead atoms. The van der Waals surface area contributed by atoms with E-state index in [1.807, 2.05) is 91.9 Å². The summed E-state index contributed by atoms with van der Waals surface area (Å²) >= 11 is 0. The molecule has 0 saturated heterocycles. The summed E-state index contributed by atoms with van der Waals surface area (Å²) in [5.41, 5.74) is 15.4. The molecule has 0 amide bonds. The number of nitrogens with one attached hydrogen (secondary N) is 1. The molecule has 0 aliphatic heterocycles. The van der Waals surface area contributed by atoms with Gasteiger partial charge in [0, 0.05) is 49.8 Å². The first-order valence-corrected chi connectivity index (χ1v) is 21.3. The predicted molar refractivity (Wildman–Crippen MR) is 271 cm³/mol. The van der Waals surface area contributed by atoms with Crippen LogP contribution < -0.4 is 0 Å². The summed E-state index contributed by atoms with van der Waals surface area (Å²) in [7, 11) is 0. The zero-order valence-electron chi connectivity index (χ0n) is 36.3. The van der Waals surface area contributed by atoms with Gasteiger partial charge < -0.3 is 9.98 Å². The minimum atomic E-state index is 0.548. The van der Waals surface area contributed by atoms with E-state index in [2.05, 4.69) is 147 Å². The molecule has 306 valence electrons. The Hall–Kier alpha value is -7.95. The molecule has 2 heterocycles. The Morgan fingerprint density at radius 2 is 1.32 bits per heavy atom. The number of hydrogen-bond acceptors (Lipinski definition) is 3. The largest absolute Gasteiger partial charge is 0.309 e. The zero-order chi connectivity index (χ0) is 43.9. The molecule has 0 unspecified atom stereocenters. The van der Waals surface area contributed by atoms with Crippen LogP contribution in [0.25, 0.3) is 83.8 Å². The summed E-state index contributed by atoms with van der Waals surface area (Å²) < 4.78 is 2.34. The van der Waals surface area contributed by atoms with Crippen LogP contribution in [0.3, 0.4) is 0 Å². The smallest absolute Gasteiger partial charge is 0.160 e. The van der Waals surface area contributed by atoms with Crippen LogP contribution in [-0.4, -0.2) is 20.2 Å². The van der Waals surface area contributed by atoms with E-state index in [0.717, 1.165) is 67.1 Å². The molecule has 0 aliphatic carbocycles. The van der Waals surface area contributed by atoms with Gasteiger partial charge in [0.2, 0.25) is 0 Å². The predicted octanol–water partition coefficient (Wildman–Crippen LogP) is 15.8. The second kappa shape index (κ2) is 18.8. The molecule has 0 radical (unpaired) electrons. The van der Waals surface area contributed by atoms with Crippen molar-refractivity contribution in [2.45, 2.75) is 27.7 Å². The van der Waals surface area contributed by atoms with Crippen LogP contribution >= 0.6 is 0 Å². The van der Waals surface area contributed by atoms with Gasteiger partial charge in [0.05, 0.1) is 22.4 Å². The van der Waals surface area contributed by atoms with Crippen LogP contribution in [0.5, 0.6) is 0 Å². The van der Waals surface area contributed by atoms with Crippen molar-refractivity contribution >= 4 is 55.6 Å². The molecule has 0 spiro atoms. The number of hydrogen-bond donors (Lipinski definition) is 1. The Morgan fingerprint density at radius 3 is 2.03 bits per heavy atom. The third-order valence-corrected chi connectivity index (χ3v) is 11.4. The molecule has 0 atom stereocenters. The third-order valence-electron chi connectivity index (χ3n) is 11.4. The van der Waals surface area contributed by atoms with Gasteiger partial charge in [-0.25, -0.2) is 9.97 Å². The van der Waals surface area contributed by atoms with Crippen LogP contribution in [-0.2, 0) is 0 Å². The molecular formula is C59H50N4. The monoisotopic (exact) mass is 814 g/mol. The highest BCUT2D eigenvalue weighted by Crippen LogP contribution is 2.38. The van der Waals surface area contributed by atoms with Crippen LogP contribution in [0.1, 0.15) is 41.7 Å². The van der Waals surface area contributed by atoms with Crippen LogP contribution in [0.15, 0.2) is 207 Å². The van der Waals surface area contributed by atoms with Crippen molar-refractivity contribution in [2.24, 2.45) is 0 Å².